The SMILES string of the molecule is N#CO[TeH].[KH]. The van der Waals surface area contributed by atoms with Gasteiger partial charge in [0, 0.05) is 0 Å². The van der Waals surface area contributed by atoms with Crippen LogP contribution in [0.4, 0.5) is 0 Å². The average Bonchev–Trinajstić information content (AvgIpc) is 1.37. The number of hydrogen-bond acceptors (Lipinski definition) is 2. The van der Waals surface area contributed by atoms with E-state index in [1.165, 1.54) is 6.26 Å². The Morgan fingerprint density at radius 2 is 2.00 bits per heavy atom. The van der Waals surface area contributed by atoms with E-state index in [9.17, 15) is 0 Å². The van der Waals surface area contributed by atoms with Gasteiger partial charge in [-0.2, -0.15) is 0 Å². The van der Waals surface area contributed by atoms with Crippen molar-refractivity contribution < 1.29 is 3.10 Å². The zero-order valence-corrected chi connectivity index (χ0v) is 4.36. The van der Waals surface area contributed by atoms with E-state index in [0.29, 0.717) is 0 Å². The summed E-state index contributed by atoms with van der Waals surface area (Å²) in [5, 5.41) is 7.42. The second kappa shape index (κ2) is 9.21. The first-order chi connectivity index (χ1) is 1.91. The molecule has 0 atom stereocenters. The number of nitriles is 1. The van der Waals surface area contributed by atoms with Crippen LogP contribution >= 0.6 is 0 Å². The average molecular weight is 211 g/mol. The predicted molar refractivity (Wildman–Crippen MR) is 21.0 cm³/mol. The van der Waals surface area contributed by atoms with Gasteiger partial charge in [0.15, 0.2) is 0 Å². The molecular formula is CH2KNOTe. The zero-order valence-electron chi connectivity index (χ0n) is 1.80. The van der Waals surface area contributed by atoms with Gasteiger partial charge in [0.25, 0.3) is 0 Å². The normalized spacial score (nSPS) is 3.20. The van der Waals surface area contributed by atoms with E-state index in [4.69, 9.17) is 5.26 Å². The van der Waals surface area contributed by atoms with Crippen LogP contribution in [0.3, 0.4) is 0 Å². The molecule has 0 rings (SSSR count). The first-order valence-corrected chi connectivity index (χ1v) is 1.65. The van der Waals surface area contributed by atoms with Gasteiger partial charge in [-0.1, -0.05) is 0 Å². The van der Waals surface area contributed by atoms with E-state index in [2.05, 4.69) is 3.10 Å². The molecular weight excluding hydrogens is 209 g/mol. The van der Waals surface area contributed by atoms with Gasteiger partial charge in [-0.05, 0) is 0 Å². The Balaban J connectivity index is 0. The van der Waals surface area contributed by atoms with Crippen LogP contribution in [-0.2, 0) is 3.10 Å². The third kappa shape index (κ3) is 10.7. The Labute approximate surface area is 86.7 Å². The molecule has 0 saturated heterocycles. The molecule has 0 amide bonds. The van der Waals surface area contributed by atoms with Gasteiger partial charge in [-0.3, -0.25) is 0 Å². The van der Waals surface area contributed by atoms with E-state index in [-0.39, 0.29) is 51.4 Å². The van der Waals surface area contributed by atoms with Crippen molar-refractivity contribution in [3.8, 4) is 6.26 Å². The predicted octanol–water partition coefficient (Wildman–Crippen LogP) is -1.35. The first-order valence-electron chi connectivity index (χ1n) is 0.610. The Morgan fingerprint density at radius 1 is 1.80 bits per heavy atom. The van der Waals surface area contributed by atoms with Crippen LogP contribution in [0.2, 0.25) is 0 Å². The molecule has 0 bridgehead atoms. The monoisotopic (exact) mass is 213 g/mol. The summed E-state index contributed by atoms with van der Waals surface area (Å²) in [5.41, 5.74) is 0. The van der Waals surface area contributed by atoms with Crippen LogP contribution in [0.5, 0.6) is 0 Å². The van der Waals surface area contributed by atoms with Gasteiger partial charge in [0.2, 0.25) is 0 Å². The molecule has 0 heterocycles. The van der Waals surface area contributed by atoms with Crippen LogP contribution in [-0.4, -0.2) is 74.1 Å². The quantitative estimate of drug-likeness (QED) is 0.366. The van der Waals surface area contributed by atoms with E-state index >= 15 is 0 Å². The molecule has 2 nitrogen and oxygen atoms in total. The fraction of sp³-hybridized carbons (Fsp3) is 0. The summed E-state index contributed by atoms with van der Waals surface area (Å²) < 4.78 is 3.90. The number of rotatable bonds is 0. The molecule has 0 aromatic heterocycles. The standard InChI is InChI=1S/CHNOTe.K.H/c2-1-3-4;;/h4H;;. The van der Waals surface area contributed by atoms with E-state index < -0.39 is 0 Å². The fourth-order valence-electron chi connectivity index (χ4n) is 0. The molecule has 4 heteroatoms. The van der Waals surface area contributed by atoms with Gasteiger partial charge in [-0.25, -0.2) is 0 Å². The van der Waals surface area contributed by atoms with Crippen LogP contribution in [0.25, 0.3) is 0 Å². The summed E-state index contributed by atoms with van der Waals surface area (Å²) in [6, 6.07) is 0. The van der Waals surface area contributed by atoms with Crippen molar-refractivity contribution in [2.45, 2.75) is 0 Å². The van der Waals surface area contributed by atoms with Gasteiger partial charge in [0.1, 0.15) is 0 Å². The summed E-state index contributed by atoms with van der Waals surface area (Å²) in [7, 11) is 0. The Bertz CT molecular complexity index is 41.4. The molecule has 5 heavy (non-hydrogen) atoms. The molecule has 0 fully saturated rings. The first kappa shape index (κ1) is 9.87. The summed E-state index contributed by atoms with van der Waals surface area (Å²) in [6.45, 7) is 0. The molecule has 0 unspecified atom stereocenters. The topological polar surface area (TPSA) is 33.0 Å². The van der Waals surface area contributed by atoms with Crippen molar-refractivity contribution in [3.05, 3.63) is 0 Å². The second-order valence-electron chi connectivity index (χ2n) is 0.183. The maximum absolute atomic E-state index is 7.42. The third-order valence-corrected chi connectivity index (χ3v) is 0.274. The van der Waals surface area contributed by atoms with E-state index in [0.717, 1.165) is 22.7 Å². The minimum absolute atomic E-state index is 0. The summed E-state index contributed by atoms with van der Waals surface area (Å²) in [4.78, 5) is 0. The molecule has 0 aromatic carbocycles. The van der Waals surface area contributed by atoms with Crippen molar-refractivity contribution in [3.63, 3.8) is 0 Å². The van der Waals surface area contributed by atoms with Gasteiger partial charge in [0.05, 0.1) is 0 Å². The molecule has 0 N–H and O–H groups in total. The Morgan fingerprint density at radius 3 is 2.00 bits per heavy atom. The van der Waals surface area contributed by atoms with Crippen molar-refractivity contribution in [1.82, 2.24) is 0 Å². The summed E-state index contributed by atoms with van der Waals surface area (Å²) in [6.07, 6.45) is 1.45. The molecule has 0 aliphatic heterocycles. The number of nitrogens with zero attached hydrogens (tertiary/aromatic N) is 1. The molecule has 24 valence electrons. The van der Waals surface area contributed by atoms with Crippen molar-refractivity contribution >= 4 is 74.1 Å². The van der Waals surface area contributed by atoms with E-state index in [1.54, 1.807) is 0 Å². The zero-order chi connectivity index (χ0) is 3.41. The molecule has 0 aromatic rings. The van der Waals surface area contributed by atoms with Gasteiger partial charge >= 0.3 is 88.7 Å². The minimum atomic E-state index is 0. The van der Waals surface area contributed by atoms with Crippen LogP contribution in [0.1, 0.15) is 0 Å². The molecule has 0 radical (unpaired) electrons. The number of hydrogen-bond donors (Lipinski definition) is 0. The van der Waals surface area contributed by atoms with Gasteiger partial charge < -0.3 is 0 Å². The summed E-state index contributed by atoms with van der Waals surface area (Å²) >= 11 is 1.03. The van der Waals surface area contributed by atoms with E-state index in [1.807, 2.05) is 0 Å². The molecule has 0 saturated carbocycles. The Hall–Kier alpha value is 1.72. The van der Waals surface area contributed by atoms with Crippen molar-refractivity contribution in [2.75, 3.05) is 0 Å². The van der Waals surface area contributed by atoms with Crippen molar-refractivity contribution in [1.29, 1.82) is 5.26 Å². The molecule has 0 aliphatic carbocycles. The van der Waals surface area contributed by atoms with Gasteiger partial charge in [-0.15, -0.1) is 0 Å². The van der Waals surface area contributed by atoms with Crippen molar-refractivity contribution in [2.24, 2.45) is 0 Å². The fourth-order valence-corrected chi connectivity index (χ4v) is 0. The second-order valence-corrected chi connectivity index (χ2v) is 0.704. The van der Waals surface area contributed by atoms with Crippen LogP contribution in [0, 0.1) is 11.5 Å². The van der Waals surface area contributed by atoms with Crippen LogP contribution in [0.15, 0.2) is 0 Å². The maximum atomic E-state index is 7.42. The molecule has 0 aliphatic rings. The van der Waals surface area contributed by atoms with Crippen LogP contribution < -0.4 is 0 Å². The summed E-state index contributed by atoms with van der Waals surface area (Å²) in [5.74, 6) is 0. The molecule has 0 spiro atoms. The third-order valence-electron chi connectivity index (χ3n) is 0.0408. The Kier molecular flexibility index (Phi) is 18.2.